The second-order valence-corrected chi connectivity index (χ2v) is 6.22. The Bertz CT molecular complexity index is 1120. The molecule has 0 amide bonds. The third-order valence-corrected chi connectivity index (χ3v) is 4.12. The van der Waals surface area contributed by atoms with Crippen LogP contribution in [0.25, 0.3) is 17.2 Å². The highest BCUT2D eigenvalue weighted by atomic mass is 19.4. The Kier molecular flexibility index (Phi) is 4.46. The highest BCUT2D eigenvalue weighted by Gasteiger charge is 2.30. The molecule has 4 rings (SSSR count). The van der Waals surface area contributed by atoms with Crippen molar-refractivity contribution in [2.75, 3.05) is 0 Å². The summed E-state index contributed by atoms with van der Waals surface area (Å²) in [5.74, 6) is 1.08. The fourth-order valence-electron chi connectivity index (χ4n) is 2.78. The summed E-state index contributed by atoms with van der Waals surface area (Å²) in [5, 5.41) is 4.46. The highest BCUT2D eigenvalue weighted by molar-refractivity contribution is 5.56. The van der Waals surface area contributed by atoms with Gasteiger partial charge < -0.3 is 4.74 Å². The molecule has 8 heteroatoms. The summed E-state index contributed by atoms with van der Waals surface area (Å²) in [6, 6.07) is 16.0. The van der Waals surface area contributed by atoms with E-state index in [0.29, 0.717) is 17.3 Å². The van der Waals surface area contributed by atoms with Crippen molar-refractivity contribution in [2.24, 2.45) is 0 Å². The predicted molar refractivity (Wildman–Crippen MR) is 96.7 cm³/mol. The molecule has 0 bridgehead atoms. The molecule has 0 saturated heterocycles. The molecule has 2 heterocycles. The summed E-state index contributed by atoms with van der Waals surface area (Å²) >= 11 is 0. The van der Waals surface area contributed by atoms with Crippen LogP contribution < -0.4 is 4.74 Å². The summed E-state index contributed by atoms with van der Waals surface area (Å²) in [5.41, 5.74) is 1.46. The average molecular weight is 384 g/mol. The van der Waals surface area contributed by atoms with Crippen LogP contribution in [0, 0.1) is 6.92 Å². The third kappa shape index (κ3) is 3.66. The normalized spacial score (nSPS) is 11.7. The number of aromatic nitrogens is 4. The van der Waals surface area contributed by atoms with Crippen LogP contribution in [-0.4, -0.2) is 19.6 Å². The molecule has 0 saturated carbocycles. The largest absolute Gasteiger partial charge is 0.487 e. The maximum atomic E-state index is 12.8. The van der Waals surface area contributed by atoms with Crippen molar-refractivity contribution < 1.29 is 17.9 Å². The maximum Gasteiger partial charge on any atom is 0.416 e. The lowest BCUT2D eigenvalue weighted by molar-refractivity contribution is -0.137. The lowest BCUT2D eigenvalue weighted by atomic mass is 10.2. The van der Waals surface area contributed by atoms with E-state index in [1.807, 2.05) is 37.3 Å². The first kappa shape index (κ1) is 18.0. The lowest BCUT2D eigenvalue weighted by Gasteiger charge is -2.10. The molecule has 0 radical (unpaired) electrons. The Balaban J connectivity index is 1.58. The number of nitrogens with zero attached hydrogens (tertiary/aromatic N) is 4. The standard InChI is InChI=1S/C20H15F3N4O/c1-13-10-16(12-28-17-9-5-8-15(11-17)20(21,22)23)24-19-25-18(26-27(13)19)14-6-3-2-4-7-14/h2-11H,12H2,1H3. The van der Waals surface area contributed by atoms with Gasteiger partial charge in [-0.3, -0.25) is 0 Å². The monoisotopic (exact) mass is 384 g/mol. The molecule has 0 spiro atoms. The smallest absolute Gasteiger partial charge is 0.416 e. The number of aryl methyl sites for hydroxylation is 1. The van der Waals surface area contributed by atoms with Gasteiger partial charge in [-0.1, -0.05) is 36.4 Å². The second-order valence-electron chi connectivity index (χ2n) is 6.22. The Hall–Kier alpha value is -3.42. The van der Waals surface area contributed by atoms with Crippen LogP contribution in [0.5, 0.6) is 5.75 Å². The van der Waals surface area contributed by atoms with Crippen LogP contribution >= 0.6 is 0 Å². The molecule has 0 aliphatic carbocycles. The Morgan fingerprint density at radius 1 is 0.964 bits per heavy atom. The van der Waals surface area contributed by atoms with Gasteiger partial charge >= 0.3 is 6.18 Å². The van der Waals surface area contributed by atoms with Crippen LogP contribution in [0.1, 0.15) is 17.0 Å². The fraction of sp³-hybridized carbons (Fsp3) is 0.150. The molecule has 0 aliphatic heterocycles. The molecule has 28 heavy (non-hydrogen) atoms. The molecule has 0 atom stereocenters. The number of fused-ring (bicyclic) bond motifs is 1. The van der Waals surface area contributed by atoms with E-state index in [1.165, 1.54) is 12.1 Å². The first-order chi connectivity index (χ1) is 13.4. The lowest BCUT2D eigenvalue weighted by Crippen LogP contribution is -2.06. The molecule has 0 fully saturated rings. The van der Waals surface area contributed by atoms with Crippen molar-refractivity contribution >= 4 is 5.78 Å². The Morgan fingerprint density at radius 3 is 2.50 bits per heavy atom. The van der Waals surface area contributed by atoms with Gasteiger partial charge in [-0.05, 0) is 31.2 Å². The highest BCUT2D eigenvalue weighted by Crippen LogP contribution is 2.31. The minimum Gasteiger partial charge on any atom is -0.487 e. The van der Waals surface area contributed by atoms with Crippen LogP contribution in [0.2, 0.25) is 0 Å². The number of alkyl halides is 3. The van der Waals surface area contributed by atoms with Crippen molar-refractivity contribution in [3.63, 3.8) is 0 Å². The molecule has 0 aliphatic rings. The van der Waals surface area contributed by atoms with Gasteiger partial charge in [0.1, 0.15) is 12.4 Å². The number of halogens is 3. The van der Waals surface area contributed by atoms with E-state index < -0.39 is 11.7 Å². The van der Waals surface area contributed by atoms with E-state index in [4.69, 9.17) is 4.74 Å². The Morgan fingerprint density at radius 2 is 1.75 bits per heavy atom. The zero-order valence-electron chi connectivity index (χ0n) is 14.8. The minimum absolute atomic E-state index is 0.0200. The summed E-state index contributed by atoms with van der Waals surface area (Å²) < 4.78 is 45.6. The minimum atomic E-state index is -4.41. The number of rotatable bonds is 4. The second kappa shape index (κ2) is 6.95. The van der Waals surface area contributed by atoms with Gasteiger partial charge in [0.2, 0.25) is 0 Å². The zero-order valence-corrected chi connectivity index (χ0v) is 14.8. The van der Waals surface area contributed by atoms with Gasteiger partial charge in [0, 0.05) is 11.3 Å². The van der Waals surface area contributed by atoms with E-state index in [1.54, 1.807) is 10.6 Å². The van der Waals surface area contributed by atoms with Crippen molar-refractivity contribution in [1.29, 1.82) is 0 Å². The van der Waals surface area contributed by atoms with Gasteiger partial charge in [-0.2, -0.15) is 18.2 Å². The quantitative estimate of drug-likeness (QED) is 0.512. The van der Waals surface area contributed by atoms with Crippen molar-refractivity contribution in [1.82, 2.24) is 19.6 Å². The third-order valence-electron chi connectivity index (χ3n) is 4.12. The zero-order chi connectivity index (χ0) is 19.7. The predicted octanol–water partition coefficient (Wildman–Crippen LogP) is 4.70. The SMILES string of the molecule is Cc1cc(COc2cccc(C(F)(F)F)c2)nc2nc(-c3ccccc3)nn12. The molecular formula is C20H15F3N4O. The summed E-state index contributed by atoms with van der Waals surface area (Å²) in [6.45, 7) is 1.87. The van der Waals surface area contributed by atoms with Gasteiger partial charge in [0.25, 0.3) is 5.78 Å². The van der Waals surface area contributed by atoms with Crippen molar-refractivity contribution in [2.45, 2.75) is 19.7 Å². The fourth-order valence-corrected chi connectivity index (χ4v) is 2.78. The van der Waals surface area contributed by atoms with E-state index in [0.717, 1.165) is 23.4 Å². The summed E-state index contributed by atoms with van der Waals surface area (Å²) in [7, 11) is 0. The van der Waals surface area contributed by atoms with Crippen molar-refractivity contribution in [3.8, 4) is 17.1 Å². The van der Waals surface area contributed by atoms with Crippen LogP contribution in [0.4, 0.5) is 13.2 Å². The molecule has 2 aromatic carbocycles. The molecule has 142 valence electrons. The van der Waals surface area contributed by atoms with Gasteiger partial charge in [0.05, 0.1) is 11.3 Å². The summed E-state index contributed by atoms with van der Waals surface area (Å²) in [4.78, 5) is 8.85. The molecule has 5 nitrogen and oxygen atoms in total. The first-order valence-corrected chi connectivity index (χ1v) is 8.49. The van der Waals surface area contributed by atoms with Gasteiger partial charge in [-0.25, -0.2) is 9.50 Å². The molecule has 2 aromatic heterocycles. The molecular weight excluding hydrogens is 369 g/mol. The van der Waals surface area contributed by atoms with Crippen molar-refractivity contribution in [3.05, 3.63) is 77.6 Å². The van der Waals surface area contributed by atoms with Crippen LogP contribution in [0.3, 0.4) is 0 Å². The van der Waals surface area contributed by atoms with Gasteiger partial charge in [-0.15, -0.1) is 5.10 Å². The number of ether oxygens (including phenoxy) is 1. The van der Waals surface area contributed by atoms with E-state index in [2.05, 4.69) is 15.1 Å². The van der Waals surface area contributed by atoms with Crippen LogP contribution in [0.15, 0.2) is 60.7 Å². The van der Waals surface area contributed by atoms with Gasteiger partial charge in [0.15, 0.2) is 5.82 Å². The Labute approximate surface area is 158 Å². The molecule has 0 N–H and O–H groups in total. The topological polar surface area (TPSA) is 52.3 Å². The number of benzene rings is 2. The number of hydrogen-bond donors (Lipinski definition) is 0. The molecule has 0 unspecified atom stereocenters. The van der Waals surface area contributed by atoms with E-state index >= 15 is 0 Å². The summed E-state index contributed by atoms with van der Waals surface area (Å²) in [6.07, 6.45) is -4.41. The maximum absolute atomic E-state index is 12.8. The molecule has 4 aromatic rings. The average Bonchev–Trinajstić information content (AvgIpc) is 3.12. The first-order valence-electron chi connectivity index (χ1n) is 8.49. The van der Waals surface area contributed by atoms with E-state index in [-0.39, 0.29) is 12.4 Å². The van der Waals surface area contributed by atoms with E-state index in [9.17, 15) is 13.2 Å². The van der Waals surface area contributed by atoms with Crippen LogP contribution in [-0.2, 0) is 12.8 Å². The number of hydrogen-bond acceptors (Lipinski definition) is 4.